The fraction of sp³-hybridized carbons (Fsp3) is 0.200. The number of hydrogen-bond donors (Lipinski definition) is 3. The highest BCUT2D eigenvalue weighted by Crippen LogP contribution is 2.65. The molecule has 4 N–H and O–H groups in total. The number of aryl methyl sites for hydroxylation is 1. The zero-order valence-electron chi connectivity index (χ0n) is 19.5. The summed E-state index contributed by atoms with van der Waals surface area (Å²) in [6, 6.07) is 7.82. The highest BCUT2D eigenvalue weighted by atomic mass is 35.5. The summed E-state index contributed by atoms with van der Waals surface area (Å²) in [6.07, 6.45) is -4.74. The van der Waals surface area contributed by atoms with Crippen LogP contribution in [-0.2, 0) is 11.0 Å². The molecule has 2 atom stereocenters. The second-order valence-corrected chi connectivity index (χ2v) is 11.0. The van der Waals surface area contributed by atoms with Crippen LogP contribution in [0.5, 0.6) is 0 Å². The van der Waals surface area contributed by atoms with E-state index in [1.807, 2.05) is 0 Å². The van der Waals surface area contributed by atoms with Crippen LogP contribution < -0.4 is 16.4 Å². The van der Waals surface area contributed by atoms with Gasteiger partial charge in [0.2, 0.25) is 5.91 Å². The number of nitrogens with two attached hydrogens (primary N) is 1. The van der Waals surface area contributed by atoms with Crippen molar-refractivity contribution >= 4 is 75.3 Å². The number of carbonyl (C=O) groups is 2. The minimum Gasteiger partial charge on any atom is -0.394 e. The SMILES string of the molecule is Cc1cc(C2C(C(=O)Nc3ccc(Cl)c(C(=O)Nc4ccc(F)c(N)c4F)c3)C2(Cl)Cl)cc(C(F)(F)F)c1Cl. The van der Waals surface area contributed by atoms with Crippen LogP contribution in [-0.4, -0.2) is 16.1 Å². The third-order valence-electron chi connectivity index (χ3n) is 6.13. The van der Waals surface area contributed by atoms with E-state index in [2.05, 4.69) is 10.6 Å². The van der Waals surface area contributed by atoms with Crippen LogP contribution in [0.2, 0.25) is 10.0 Å². The lowest BCUT2D eigenvalue weighted by Crippen LogP contribution is -2.18. The van der Waals surface area contributed by atoms with Crippen LogP contribution in [0.4, 0.5) is 39.0 Å². The molecule has 39 heavy (non-hydrogen) atoms. The Labute approximate surface area is 238 Å². The van der Waals surface area contributed by atoms with Crippen LogP contribution in [0.1, 0.15) is 33.0 Å². The van der Waals surface area contributed by atoms with E-state index in [0.717, 1.165) is 18.2 Å². The molecule has 0 heterocycles. The van der Waals surface area contributed by atoms with Crippen LogP contribution in [0, 0.1) is 24.5 Å². The van der Waals surface area contributed by atoms with Gasteiger partial charge in [0.15, 0.2) is 5.82 Å². The molecule has 0 saturated heterocycles. The molecule has 2 amide bonds. The molecule has 14 heteroatoms. The summed E-state index contributed by atoms with van der Waals surface area (Å²) < 4.78 is 66.2. The lowest BCUT2D eigenvalue weighted by atomic mass is 10.0. The molecule has 0 radical (unpaired) electrons. The summed E-state index contributed by atoms with van der Waals surface area (Å²) in [5.74, 6) is -5.96. The van der Waals surface area contributed by atoms with Crippen molar-refractivity contribution in [2.24, 2.45) is 5.92 Å². The van der Waals surface area contributed by atoms with E-state index in [-0.39, 0.29) is 27.4 Å². The number of amides is 2. The van der Waals surface area contributed by atoms with E-state index in [1.165, 1.54) is 31.2 Å². The monoisotopic (exact) mass is 625 g/mol. The Kier molecular flexibility index (Phi) is 7.72. The maximum atomic E-state index is 14.2. The molecule has 3 aromatic rings. The standard InChI is InChI=1S/C25H16Cl4F5N3O2/c1-9-6-10(7-13(19(9)27)25(32,33)34)17-18(24(17,28)29)23(39)36-11-2-3-14(26)12(8-11)22(38)37-16-5-4-15(30)21(35)20(16)31/h2-8,17-18H,35H2,1H3,(H,36,39)(H,37,38). The molecule has 0 aromatic heterocycles. The van der Waals surface area contributed by atoms with Crippen molar-refractivity contribution in [3.8, 4) is 0 Å². The summed E-state index contributed by atoms with van der Waals surface area (Å²) in [7, 11) is 0. The Morgan fingerprint density at radius 1 is 1.00 bits per heavy atom. The van der Waals surface area contributed by atoms with Crippen LogP contribution in [0.15, 0.2) is 42.5 Å². The average Bonchev–Trinajstić information content (AvgIpc) is 3.43. The van der Waals surface area contributed by atoms with Gasteiger partial charge in [-0.1, -0.05) is 29.3 Å². The molecule has 1 fully saturated rings. The normalized spacial score (nSPS) is 18.0. The maximum Gasteiger partial charge on any atom is 0.417 e. The van der Waals surface area contributed by atoms with E-state index >= 15 is 0 Å². The number of anilines is 3. The number of nitrogen functional groups attached to an aromatic ring is 1. The van der Waals surface area contributed by atoms with Gasteiger partial charge in [0, 0.05) is 11.6 Å². The number of rotatable bonds is 5. The van der Waals surface area contributed by atoms with Crippen molar-refractivity contribution in [2.45, 2.75) is 23.4 Å². The van der Waals surface area contributed by atoms with Crippen molar-refractivity contribution in [1.29, 1.82) is 0 Å². The first-order valence-corrected chi connectivity index (χ1v) is 12.5. The van der Waals surface area contributed by atoms with Crippen LogP contribution in [0.3, 0.4) is 0 Å². The number of carbonyl (C=O) groups excluding carboxylic acids is 2. The quantitative estimate of drug-likeness (QED) is 0.153. The zero-order valence-corrected chi connectivity index (χ0v) is 22.5. The van der Waals surface area contributed by atoms with Crippen molar-refractivity contribution in [1.82, 2.24) is 0 Å². The summed E-state index contributed by atoms with van der Waals surface area (Å²) in [6.45, 7) is 1.38. The van der Waals surface area contributed by atoms with Crippen molar-refractivity contribution in [3.05, 3.63) is 86.4 Å². The Bertz CT molecular complexity index is 1510. The fourth-order valence-electron chi connectivity index (χ4n) is 4.10. The highest BCUT2D eigenvalue weighted by Gasteiger charge is 2.67. The molecule has 0 spiro atoms. The van der Waals surface area contributed by atoms with Crippen molar-refractivity contribution < 1.29 is 31.5 Å². The lowest BCUT2D eigenvalue weighted by Gasteiger charge is -2.14. The first kappa shape index (κ1) is 29.2. The molecule has 1 aliphatic carbocycles. The summed E-state index contributed by atoms with van der Waals surface area (Å²) in [5, 5.41) is 4.18. The minimum atomic E-state index is -4.74. The van der Waals surface area contributed by atoms with Gasteiger partial charge in [-0.05, 0) is 54.4 Å². The second-order valence-electron chi connectivity index (χ2n) is 8.79. The second kappa shape index (κ2) is 10.3. The molecule has 1 aliphatic rings. The van der Waals surface area contributed by atoms with Gasteiger partial charge < -0.3 is 16.4 Å². The number of nitrogens with one attached hydrogen (secondary N) is 2. The third kappa shape index (κ3) is 5.61. The number of benzene rings is 3. The Morgan fingerprint density at radius 2 is 1.67 bits per heavy atom. The molecule has 4 rings (SSSR count). The summed E-state index contributed by atoms with van der Waals surface area (Å²) in [4.78, 5) is 25.7. The molecule has 5 nitrogen and oxygen atoms in total. The van der Waals surface area contributed by atoms with E-state index in [9.17, 15) is 31.5 Å². The fourth-order valence-corrected chi connectivity index (χ4v) is 5.35. The van der Waals surface area contributed by atoms with Gasteiger partial charge in [-0.15, -0.1) is 23.2 Å². The zero-order chi connectivity index (χ0) is 29.0. The smallest absolute Gasteiger partial charge is 0.394 e. The first-order chi connectivity index (χ1) is 18.0. The van der Waals surface area contributed by atoms with Gasteiger partial charge >= 0.3 is 6.18 Å². The van der Waals surface area contributed by atoms with E-state index in [0.29, 0.717) is 0 Å². The molecule has 206 valence electrons. The Balaban J connectivity index is 1.55. The van der Waals surface area contributed by atoms with Crippen molar-refractivity contribution in [3.63, 3.8) is 0 Å². The third-order valence-corrected chi connectivity index (χ3v) is 7.90. The Hall–Kier alpha value is -2.79. The predicted octanol–water partition coefficient (Wildman–Crippen LogP) is 7.96. The van der Waals surface area contributed by atoms with E-state index in [1.54, 1.807) is 0 Å². The average molecular weight is 627 g/mol. The number of alkyl halides is 5. The molecular weight excluding hydrogens is 611 g/mol. The summed E-state index contributed by atoms with van der Waals surface area (Å²) >= 11 is 24.5. The number of hydrogen-bond acceptors (Lipinski definition) is 3. The van der Waals surface area contributed by atoms with Gasteiger partial charge in [-0.25, -0.2) is 8.78 Å². The molecule has 0 aliphatic heterocycles. The summed E-state index contributed by atoms with van der Waals surface area (Å²) in [5.41, 5.74) is 3.11. The largest absolute Gasteiger partial charge is 0.417 e. The maximum absolute atomic E-state index is 14.2. The van der Waals surface area contributed by atoms with Crippen LogP contribution >= 0.6 is 46.4 Å². The van der Waals surface area contributed by atoms with E-state index < -0.39 is 67.8 Å². The van der Waals surface area contributed by atoms with Gasteiger partial charge in [0.1, 0.15) is 15.8 Å². The molecule has 0 bridgehead atoms. The topological polar surface area (TPSA) is 84.2 Å². The lowest BCUT2D eigenvalue weighted by molar-refractivity contribution is -0.137. The van der Waals surface area contributed by atoms with Crippen LogP contribution in [0.25, 0.3) is 0 Å². The van der Waals surface area contributed by atoms with Crippen molar-refractivity contribution in [2.75, 3.05) is 16.4 Å². The van der Waals surface area contributed by atoms with Gasteiger partial charge in [-0.3, -0.25) is 9.59 Å². The Morgan fingerprint density at radius 3 is 2.31 bits per heavy atom. The van der Waals surface area contributed by atoms with Gasteiger partial charge in [0.25, 0.3) is 5.91 Å². The predicted molar refractivity (Wildman–Crippen MR) is 141 cm³/mol. The molecule has 2 unspecified atom stereocenters. The van der Waals surface area contributed by atoms with E-state index in [4.69, 9.17) is 52.1 Å². The highest BCUT2D eigenvalue weighted by molar-refractivity contribution is 6.53. The number of halogens is 9. The minimum absolute atomic E-state index is 0.0618. The molecule has 3 aromatic carbocycles. The molecule has 1 saturated carbocycles. The van der Waals surface area contributed by atoms with Gasteiger partial charge in [0.05, 0.1) is 32.8 Å². The van der Waals surface area contributed by atoms with Gasteiger partial charge in [-0.2, -0.15) is 13.2 Å². The first-order valence-electron chi connectivity index (χ1n) is 10.9. The molecular formula is C25H16Cl4F5N3O2.